The van der Waals surface area contributed by atoms with E-state index < -0.39 is 15.7 Å². The van der Waals surface area contributed by atoms with Crippen LogP contribution in [0.4, 0.5) is 0 Å². The molecule has 0 saturated heterocycles. The summed E-state index contributed by atoms with van der Waals surface area (Å²) in [6.45, 7) is -0.441. The van der Waals surface area contributed by atoms with Crippen LogP contribution in [0.3, 0.4) is 0 Å². The average molecular weight is 311 g/mol. The van der Waals surface area contributed by atoms with Gasteiger partial charge in [-0.1, -0.05) is 15.9 Å². The highest BCUT2D eigenvalue weighted by Gasteiger charge is 2.19. The van der Waals surface area contributed by atoms with Gasteiger partial charge in [0.25, 0.3) is 9.05 Å². The summed E-state index contributed by atoms with van der Waals surface area (Å²) in [5, 5.41) is 17.8. The van der Waals surface area contributed by atoms with Gasteiger partial charge >= 0.3 is 0 Å². The van der Waals surface area contributed by atoms with E-state index in [0.717, 1.165) is 0 Å². The Morgan fingerprint density at radius 3 is 2.53 bits per heavy atom. The first-order valence-electron chi connectivity index (χ1n) is 3.68. The van der Waals surface area contributed by atoms with Gasteiger partial charge in [-0.3, -0.25) is 0 Å². The molecule has 1 aromatic rings. The molecule has 0 unspecified atom stereocenters. The molecule has 0 radical (unpaired) electrons. The maximum Gasteiger partial charge on any atom is 0.262 e. The second-order valence-electron chi connectivity index (χ2n) is 2.61. The Balaban J connectivity index is 3.66. The third-order valence-corrected chi connectivity index (χ3v) is 3.86. The molecule has 0 heterocycles. The van der Waals surface area contributed by atoms with Gasteiger partial charge in [0.1, 0.15) is 11.0 Å². The van der Waals surface area contributed by atoms with Crippen molar-refractivity contribution in [2.75, 3.05) is 0 Å². The lowest BCUT2D eigenvalue weighted by Gasteiger charge is -2.06. The van der Waals surface area contributed by atoms with Crippen LogP contribution in [0.25, 0.3) is 0 Å². The maximum absolute atomic E-state index is 11.1. The molecule has 1 rings (SSSR count). The van der Waals surface area contributed by atoms with Crippen LogP contribution in [-0.2, 0) is 15.7 Å². The number of hydrogen-bond acceptors (Lipinski definition) is 4. The molecule has 0 aliphatic carbocycles. The van der Waals surface area contributed by atoms with Crippen LogP contribution in [0, 0.1) is 11.3 Å². The van der Waals surface area contributed by atoms with E-state index in [-0.39, 0.29) is 16.0 Å². The number of halogens is 2. The summed E-state index contributed by atoms with van der Waals surface area (Å²) >= 11 is 3.10. The normalized spacial score (nSPS) is 11.1. The molecule has 7 heteroatoms. The van der Waals surface area contributed by atoms with Crippen molar-refractivity contribution < 1.29 is 13.5 Å². The minimum absolute atomic E-state index is 0.137. The molecule has 0 bridgehead atoms. The minimum atomic E-state index is -3.98. The molecule has 1 aromatic carbocycles. The SMILES string of the molecule is N#Cc1c(S(=O)(=O)Cl)ccc(Br)c1CO. The van der Waals surface area contributed by atoms with Gasteiger partial charge in [-0.2, -0.15) is 5.26 Å². The van der Waals surface area contributed by atoms with Crippen molar-refractivity contribution in [3.8, 4) is 6.07 Å². The highest BCUT2D eigenvalue weighted by Crippen LogP contribution is 2.28. The van der Waals surface area contributed by atoms with Crippen LogP contribution in [0.2, 0.25) is 0 Å². The number of hydrogen-bond donors (Lipinski definition) is 1. The van der Waals surface area contributed by atoms with Gasteiger partial charge in [0.15, 0.2) is 0 Å². The van der Waals surface area contributed by atoms with Gasteiger partial charge in [0.05, 0.1) is 12.2 Å². The van der Waals surface area contributed by atoms with Crippen LogP contribution in [0.15, 0.2) is 21.5 Å². The van der Waals surface area contributed by atoms with Crippen molar-refractivity contribution in [3.63, 3.8) is 0 Å². The van der Waals surface area contributed by atoms with E-state index in [1.165, 1.54) is 12.1 Å². The fourth-order valence-corrected chi connectivity index (χ4v) is 2.57. The molecule has 0 aliphatic heterocycles. The van der Waals surface area contributed by atoms with Crippen LogP contribution in [0.1, 0.15) is 11.1 Å². The van der Waals surface area contributed by atoms with E-state index in [1.54, 1.807) is 6.07 Å². The first-order valence-corrected chi connectivity index (χ1v) is 6.79. The second-order valence-corrected chi connectivity index (χ2v) is 6.00. The van der Waals surface area contributed by atoms with Crippen LogP contribution in [0.5, 0.6) is 0 Å². The molecule has 0 fully saturated rings. The predicted octanol–water partition coefficient (Wildman–Crippen LogP) is 1.74. The Morgan fingerprint density at radius 2 is 2.13 bits per heavy atom. The number of nitrogens with zero attached hydrogens (tertiary/aromatic N) is 1. The van der Waals surface area contributed by atoms with Crippen molar-refractivity contribution >= 4 is 35.7 Å². The number of benzene rings is 1. The van der Waals surface area contributed by atoms with E-state index in [9.17, 15) is 8.42 Å². The average Bonchev–Trinajstić information content (AvgIpc) is 2.15. The summed E-state index contributed by atoms with van der Waals surface area (Å²) in [6, 6.07) is 4.34. The molecule has 0 amide bonds. The molecule has 1 N–H and O–H groups in total. The van der Waals surface area contributed by atoms with E-state index in [4.69, 9.17) is 21.1 Å². The summed E-state index contributed by atoms with van der Waals surface area (Å²) in [6.07, 6.45) is 0. The zero-order valence-corrected chi connectivity index (χ0v) is 10.4. The summed E-state index contributed by atoms with van der Waals surface area (Å²) < 4.78 is 22.7. The summed E-state index contributed by atoms with van der Waals surface area (Å²) in [4.78, 5) is -0.293. The topological polar surface area (TPSA) is 78.2 Å². The molecule has 0 atom stereocenters. The van der Waals surface area contributed by atoms with Crippen LogP contribution >= 0.6 is 26.6 Å². The number of nitriles is 1. The molecular weight excluding hydrogens is 306 g/mol. The summed E-state index contributed by atoms with van der Waals surface area (Å²) in [7, 11) is 1.17. The molecule has 80 valence electrons. The van der Waals surface area contributed by atoms with E-state index in [2.05, 4.69) is 15.9 Å². The first kappa shape index (κ1) is 12.5. The highest BCUT2D eigenvalue weighted by molar-refractivity contribution is 9.10. The van der Waals surface area contributed by atoms with Crippen LogP contribution in [-0.4, -0.2) is 13.5 Å². The minimum Gasteiger partial charge on any atom is -0.392 e. The van der Waals surface area contributed by atoms with Gasteiger partial charge in [-0.25, -0.2) is 8.42 Å². The quantitative estimate of drug-likeness (QED) is 0.844. The van der Waals surface area contributed by atoms with Crippen molar-refractivity contribution in [2.45, 2.75) is 11.5 Å². The van der Waals surface area contributed by atoms with E-state index in [0.29, 0.717) is 4.47 Å². The van der Waals surface area contributed by atoms with Crippen molar-refractivity contribution in [1.82, 2.24) is 0 Å². The third-order valence-electron chi connectivity index (χ3n) is 1.75. The van der Waals surface area contributed by atoms with Gasteiger partial charge in [0, 0.05) is 20.7 Å². The maximum atomic E-state index is 11.1. The van der Waals surface area contributed by atoms with Crippen molar-refractivity contribution in [3.05, 3.63) is 27.7 Å². The third kappa shape index (κ3) is 2.49. The monoisotopic (exact) mass is 309 g/mol. The lowest BCUT2D eigenvalue weighted by molar-refractivity contribution is 0.280. The lowest BCUT2D eigenvalue weighted by Crippen LogP contribution is -2.00. The molecule has 0 aliphatic rings. The fourth-order valence-electron chi connectivity index (χ4n) is 1.08. The molecule has 0 aromatic heterocycles. The lowest BCUT2D eigenvalue weighted by atomic mass is 10.1. The Kier molecular flexibility index (Phi) is 3.73. The Morgan fingerprint density at radius 1 is 1.53 bits per heavy atom. The molecular formula is C8H5BrClNO3S. The second kappa shape index (κ2) is 4.49. The predicted molar refractivity (Wildman–Crippen MR) is 57.8 cm³/mol. The Bertz CT molecular complexity index is 536. The number of aliphatic hydroxyl groups is 1. The van der Waals surface area contributed by atoms with Gasteiger partial charge in [-0.15, -0.1) is 0 Å². The van der Waals surface area contributed by atoms with Gasteiger partial charge in [0.2, 0.25) is 0 Å². The van der Waals surface area contributed by atoms with Crippen molar-refractivity contribution in [1.29, 1.82) is 5.26 Å². The highest BCUT2D eigenvalue weighted by atomic mass is 79.9. The summed E-state index contributed by atoms with van der Waals surface area (Å²) in [5.41, 5.74) is 0.0705. The molecule has 0 saturated carbocycles. The van der Waals surface area contributed by atoms with Crippen molar-refractivity contribution in [2.24, 2.45) is 0 Å². The number of aliphatic hydroxyl groups excluding tert-OH is 1. The smallest absolute Gasteiger partial charge is 0.262 e. The summed E-state index contributed by atoms with van der Waals surface area (Å²) in [5.74, 6) is 0. The van der Waals surface area contributed by atoms with E-state index in [1.807, 2.05) is 0 Å². The molecule has 0 spiro atoms. The molecule has 4 nitrogen and oxygen atoms in total. The molecule has 15 heavy (non-hydrogen) atoms. The van der Waals surface area contributed by atoms with E-state index >= 15 is 0 Å². The fraction of sp³-hybridized carbons (Fsp3) is 0.125. The largest absolute Gasteiger partial charge is 0.392 e. The number of rotatable bonds is 2. The Labute approximate surface area is 99.6 Å². The zero-order chi connectivity index (χ0) is 11.6. The van der Waals surface area contributed by atoms with Gasteiger partial charge in [-0.05, 0) is 12.1 Å². The zero-order valence-electron chi connectivity index (χ0n) is 7.24. The van der Waals surface area contributed by atoms with Gasteiger partial charge < -0.3 is 5.11 Å². The van der Waals surface area contributed by atoms with Crippen LogP contribution < -0.4 is 0 Å². The first-order chi connectivity index (χ1) is 6.91. The Hall–Kier alpha value is -0.610. The standard InChI is InChI=1S/C8H5BrClNO3S/c9-7-1-2-8(15(10,13)14)5(3-11)6(7)4-12/h1-2,12H,4H2.